The normalized spacial score (nSPS) is 12.5. The number of carbonyl (C=O) groups excluding carboxylic acids is 1. The van der Waals surface area contributed by atoms with Crippen LogP contribution in [0.4, 0.5) is 26.3 Å². The van der Waals surface area contributed by atoms with Crippen molar-refractivity contribution in [3.8, 4) is 11.5 Å². The fourth-order valence-electron chi connectivity index (χ4n) is 1.72. The van der Waals surface area contributed by atoms with E-state index in [9.17, 15) is 31.1 Å². The van der Waals surface area contributed by atoms with Crippen molar-refractivity contribution in [3.05, 3.63) is 41.3 Å². The number of oxazole rings is 1. The van der Waals surface area contributed by atoms with Crippen molar-refractivity contribution in [2.75, 3.05) is 0 Å². The highest BCUT2D eigenvalue weighted by Gasteiger charge is 2.33. The van der Waals surface area contributed by atoms with Crippen LogP contribution in [0.1, 0.15) is 21.8 Å². The van der Waals surface area contributed by atoms with Crippen LogP contribution in [0.2, 0.25) is 0 Å². The molecule has 2 rings (SSSR count). The first-order valence-electron chi connectivity index (χ1n) is 5.79. The van der Waals surface area contributed by atoms with Crippen LogP contribution in [0.15, 0.2) is 28.7 Å². The highest BCUT2D eigenvalue weighted by Crippen LogP contribution is 2.33. The molecule has 3 nitrogen and oxygen atoms in total. The van der Waals surface area contributed by atoms with E-state index < -0.39 is 41.7 Å². The van der Waals surface area contributed by atoms with E-state index in [1.54, 1.807) is 0 Å². The monoisotopic (exact) mass is 323 g/mol. The zero-order chi connectivity index (χ0) is 16.5. The third kappa shape index (κ3) is 3.66. The van der Waals surface area contributed by atoms with Crippen molar-refractivity contribution in [2.24, 2.45) is 0 Å². The molecule has 0 N–H and O–H groups in total. The predicted molar refractivity (Wildman–Crippen MR) is 62.1 cm³/mol. The number of hydrogen-bond donors (Lipinski definition) is 0. The molecule has 0 amide bonds. The van der Waals surface area contributed by atoms with Gasteiger partial charge in [-0.1, -0.05) is 6.07 Å². The van der Waals surface area contributed by atoms with Gasteiger partial charge in [-0.15, -0.1) is 0 Å². The van der Waals surface area contributed by atoms with Crippen LogP contribution in [-0.2, 0) is 12.6 Å². The predicted octanol–water partition coefficient (Wildman–Crippen LogP) is 4.28. The molecule has 0 bridgehead atoms. The lowest BCUT2D eigenvalue weighted by molar-refractivity contribution is -0.137. The average molecular weight is 323 g/mol. The van der Waals surface area contributed by atoms with E-state index in [0.29, 0.717) is 6.07 Å². The van der Waals surface area contributed by atoms with Gasteiger partial charge in [0.05, 0.1) is 5.56 Å². The summed E-state index contributed by atoms with van der Waals surface area (Å²) >= 11 is 0. The molecule has 1 heterocycles. The molecule has 2 aromatic rings. The number of alkyl halides is 6. The topological polar surface area (TPSA) is 43.1 Å². The summed E-state index contributed by atoms with van der Waals surface area (Å²) in [5.41, 5.74) is -1.77. The first-order chi connectivity index (χ1) is 10.1. The maximum Gasteiger partial charge on any atom is 0.416 e. The Bertz CT molecular complexity index is 687. The average Bonchev–Trinajstić information content (AvgIpc) is 2.78. The fourth-order valence-corrected chi connectivity index (χ4v) is 1.72. The van der Waals surface area contributed by atoms with Gasteiger partial charge in [0.15, 0.2) is 6.29 Å². The van der Waals surface area contributed by atoms with Crippen LogP contribution in [0.25, 0.3) is 11.5 Å². The van der Waals surface area contributed by atoms with Crippen LogP contribution in [0.5, 0.6) is 0 Å². The van der Waals surface area contributed by atoms with Crippen LogP contribution in [-0.4, -0.2) is 17.4 Å². The molecular formula is C13H7F6NO2. The largest absolute Gasteiger partial charge is 0.440 e. The molecule has 0 atom stereocenters. The summed E-state index contributed by atoms with van der Waals surface area (Å²) in [7, 11) is 0. The molecule has 0 unspecified atom stereocenters. The molecule has 22 heavy (non-hydrogen) atoms. The van der Waals surface area contributed by atoms with Crippen LogP contribution in [0, 0.1) is 0 Å². The molecule has 0 spiro atoms. The number of rotatable bonds is 3. The van der Waals surface area contributed by atoms with E-state index in [-0.39, 0.29) is 11.8 Å². The number of aldehydes is 1. The van der Waals surface area contributed by atoms with Gasteiger partial charge in [0.2, 0.25) is 5.89 Å². The Hall–Kier alpha value is -2.32. The number of halogens is 6. The van der Waals surface area contributed by atoms with Gasteiger partial charge in [-0.05, 0) is 18.2 Å². The lowest BCUT2D eigenvalue weighted by Gasteiger charge is -2.07. The highest BCUT2D eigenvalue weighted by atomic mass is 19.4. The van der Waals surface area contributed by atoms with E-state index >= 15 is 0 Å². The summed E-state index contributed by atoms with van der Waals surface area (Å²) in [6.45, 7) is 0. The van der Waals surface area contributed by atoms with E-state index in [1.807, 2.05) is 0 Å². The molecule has 0 aliphatic rings. The molecule has 1 aromatic heterocycles. The summed E-state index contributed by atoms with van der Waals surface area (Å²) in [5, 5.41) is 0. The third-order valence-corrected chi connectivity index (χ3v) is 2.64. The van der Waals surface area contributed by atoms with Crippen molar-refractivity contribution in [2.45, 2.75) is 18.8 Å². The second-order valence-electron chi connectivity index (χ2n) is 4.32. The molecule has 118 valence electrons. The molecule has 0 saturated heterocycles. The van der Waals surface area contributed by atoms with Crippen molar-refractivity contribution in [1.29, 1.82) is 0 Å². The standard InChI is InChI=1S/C13H7F6NO2/c14-12(15,16)5-10-9(6-21)20-11(22-10)7-2-1-3-8(4-7)13(17,18)19/h1-4,6H,5H2. The Kier molecular flexibility index (Phi) is 3.99. The van der Waals surface area contributed by atoms with Crippen LogP contribution < -0.4 is 0 Å². The molecule has 0 fully saturated rings. The van der Waals surface area contributed by atoms with Gasteiger partial charge >= 0.3 is 12.4 Å². The Morgan fingerprint density at radius 2 is 1.82 bits per heavy atom. The molecule has 0 radical (unpaired) electrons. The third-order valence-electron chi connectivity index (χ3n) is 2.64. The van der Waals surface area contributed by atoms with Gasteiger partial charge < -0.3 is 4.42 Å². The van der Waals surface area contributed by atoms with Gasteiger partial charge in [-0.2, -0.15) is 26.3 Å². The summed E-state index contributed by atoms with van der Waals surface area (Å²) in [6.07, 6.45) is -10.7. The maximum atomic E-state index is 12.6. The van der Waals surface area contributed by atoms with Crippen LogP contribution in [0.3, 0.4) is 0 Å². The molecule has 0 aliphatic carbocycles. The number of aromatic nitrogens is 1. The van der Waals surface area contributed by atoms with Crippen LogP contribution >= 0.6 is 0 Å². The minimum Gasteiger partial charge on any atom is -0.440 e. The smallest absolute Gasteiger partial charge is 0.416 e. The first kappa shape index (κ1) is 16.1. The second-order valence-corrected chi connectivity index (χ2v) is 4.32. The molecular weight excluding hydrogens is 316 g/mol. The number of benzene rings is 1. The van der Waals surface area contributed by atoms with Crippen molar-refractivity contribution in [1.82, 2.24) is 4.98 Å². The fraction of sp³-hybridized carbons (Fsp3) is 0.231. The maximum absolute atomic E-state index is 12.6. The molecule has 1 aromatic carbocycles. The Balaban J connectivity index is 2.44. The van der Waals surface area contributed by atoms with Gasteiger partial charge in [0.1, 0.15) is 17.9 Å². The summed E-state index contributed by atoms with van der Waals surface area (Å²) in [4.78, 5) is 14.2. The number of nitrogens with zero attached hydrogens (tertiary/aromatic N) is 1. The Morgan fingerprint density at radius 3 is 2.36 bits per heavy atom. The van der Waals surface area contributed by atoms with E-state index in [2.05, 4.69) is 4.98 Å². The van der Waals surface area contributed by atoms with Crippen molar-refractivity contribution < 1.29 is 35.6 Å². The summed E-state index contributed by atoms with van der Waals surface area (Å²) in [6, 6.07) is 3.72. The Labute approximate surface area is 119 Å². The van der Waals surface area contributed by atoms with E-state index in [4.69, 9.17) is 4.42 Å². The first-order valence-corrected chi connectivity index (χ1v) is 5.79. The number of hydrogen-bond acceptors (Lipinski definition) is 3. The molecule has 0 aliphatic heterocycles. The molecule has 0 saturated carbocycles. The van der Waals surface area contributed by atoms with Gasteiger partial charge in [-0.25, -0.2) is 4.98 Å². The lowest BCUT2D eigenvalue weighted by Crippen LogP contribution is -2.12. The van der Waals surface area contributed by atoms with Crippen molar-refractivity contribution in [3.63, 3.8) is 0 Å². The zero-order valence-corrected chi connectivity index (χ0v) is 10.6. The quantitative estimate of drug-likeness (QED) is 0.625. The van der Waals surface area contributed by atoms with Gasteiger partial charge in [-0.3, -0.25) is 4.79 Å². The van der Waals surface area contributed by atoms with Crippen molar-refractivity contribution >= 4 is 6.29 Å². The minimum atomic E-state index is -4.64. The number of carbonyl (C=O) groups is 1. The second kappa shape index (κ2) is 5.47. The van der Waals surface area contributed by atoms with E-state index in [0.717, 1.165) is 12.1 Å². The Morgan fingerprint density at radius 1 is 1.14 bits per heavy atom. The minimum absolute atomic E-state index is 0.0572. The summed E-state index contributed by atoms with van der Waals surface area (Å²) < 4.78 is 79.6. The SMILES string of the molecule is O=Cc1nc(-c2cccc(C(F)(F)F)c2)oc1CC(F)(F)F. The zero-order valence-electron chi connectivity index (χ0n) is 10.6. The van der Waals surface area contributed by atoms with Gasteiger partial charge in [0.25, 0.3) is 0 Å². The lowest BCUT2D eigenvalue weighted by atomic mass is 10.1. The van der Waals surface area contributed by atoms with Gasteiger partial charge in [0, 0.05) is 5.56 Å². The van der Waals surface area contributed by atoms with E-state index in [1.165, 1.54) is 6.07 Å². The highest BCUT2D eigenvalue weighted by molar-refractivity contribution is 5.75. The summed E-state index contributed by atoms with van der Waals surface area (Å²) in [5.74, 6) is -1.22. The molecule has 9 heteroatoms.